The number of fused-ring (bicyclic) bond motifs is 5. The number of aryl methyl sites for hydroxylation is 2. The van der Waals surface area contributed by atoms with Gasteiger partial charge in [0.2, 0.25) is 11.7 Å². The van der Waals surface area contributed by atoms with Gasteiger partial charge in [0.05, 0.1) is 127 Å². The zero-order chi connectivity index (χ0) is 86.8. The first-order valence-corrected chi connectivity index (χ1v) is 43.2. The van der Waals surface area contributed by atoms with Gasteiger partial charge in [0.15, 0.2) is 11.4 Å². The zero-order valence-corrected chi connectivity index (χ0v) is 72.3. The number of methoxy groups -OCH3 is 3. The number of hydrogen-bond acceptors (Lipinski definition) is 28. The Morgan fingerprint density at radius 2 is 1.47 bits per heavy atom. The Labute approximate surface area is 710 Å². The molecule has 5 aromatic rings. The van der Waals surface area contributed by atoms with Crippen molar-refractivity contribution in [2.75, 3.05) is 132 Å². The summed E-state index contributed by atoms with van der Waals surface area (Å²) in [5.41, 5.74) is 25.2. The molecule has 0 spiro atoms. The number of ketones is 3. The van der Waals surface area contributed by atoms with Crippen molar-refractivity contribution < 1.29 is 95.8 Å². The summed E-state index contributed by atoms with van der Waals surface area (Å²) in [4.78, 5) is 97.8. The minimum atomic E-state index is -2.48. The number of aromatic nitrogens is 8. The van der Waals surface area contributed by atoms with Crippen LogP contribution in [-0.4, -0.2) is 271 Å². The summed E-state index contributed by atoms with van der Waals surface area (Å²) in [7, 11) is 4.59. The second-order valence-electron chi connectivity index (χ2n) is 32.6. The Morgan fingerprint density at radius 3 is 2.18 bits per heavy atom. The van der Waals surface area contributed by atoms with Gasteiger partial charge in [-0.05, 0) is 157 Å². The number of amides is 2. The summed E-state index contributed by atoms with van der Waals surface area (Å²) in [5, 5.41) is 41.9. The zero-order valence-electron chi connectivity index (χ0n) is 72.3. The van der Waals surface area contributed by atoms with Crippen LogP contribution in [-0.2, 0) is 105 Å². The molecule has 1 aromatic carbocycles. The van der Waals surface area contributed by atoms with Crippen molar-refractivity contribution in [2.24, 2.45) is 35.3 Å². The van der Waals surface area contributed by atoms with Gasteiger partial charge in [-0.3, -0.25) is 24.0 Å². The average molecular weight is 1690 g/mol. The van der Waals surface area contributed by atoms with Crippen LogP contribution in [0.5, 0.6) is 0 Å². The lowest BCUT2D eigenvalue weighted by Gasteiger charge is -2.42. The van der Waals surface area contributed by atoms with E-state index in [0.717, 1.165) is 64.9 Å². The SMILES string of the molecule is CO[C@H]1C[C@@H]2CC[C@@H](C)[C@@](O)(O2)C(=O)C(=O)N2CCCC[C@H]2C(=O)O[C@H]([C@H](N)C[C@@H]2CC[C@@H](OCCCCc3cn(CCOCCOCCOCCOCCOCCOCCC(=O)NCCCCn4nc(-c5cc6cc(N)ccc6[nH]5)c5c(N)ncnc54)nn3)[C@H](OC)C2)CC(=O)[C@H](C)/C=C(\C)[C@@H](O)[C@@H](OC)C(=O)[C@H](C)C[C@H](C)/C=C/C=C/C=C/1C. The van der Waals surface area contributed by atoms with Crippen molar-refractivity contribution in [3.63, 3.8) is 0 Å². The highest BCUT2D eigenvalue weighted by Gasteiger charge is 2.53. The standard InChI is InChI=1S/C88H133N13O20/c1-57-19-11-10-12-20-58(2)74(110-7)53-67-26-23-62(6)88(109,121-67)83(106)86(107)100-31-16-13-22-71(100)87(108)120-75(54-72(102)59(3)48-61(5)81(105)82(112-9)80(104)60(4)47-57)68(90)49-63-24-28-73(76(50-63)111-8)119-34-18-14-21-66-55-99(98-96-66)33-36-114-38-40-116-42-44-118-46-45-117-43-41-115-39-37-113-35-29-77(103)92-30-15-17-32-101-85-78(84(91)93-56-94-85)79(97-101)70-52-64-51-65(89)25-27-69(64)95-70/h10-12,19-20,25,27,48,51-52,55-57,59-60,62-63,67-68,71,73-76,81-82,95,105,109H,13-18,21-24,26,28-47,49-50,53-54,89-90H2,1-9H3,(H,92,103)(H2,91,93,94)/b12-10+,19-11+,58-20+,61-48+/t57-,59-,60-,62-,63+,67+,68-,71+,73-,74+,75+,76-,81-,82+,88-/m1/s1. The lowest BCUT2D eigenvalue weighted by atomic mass is 9.80. The number of carbonyl (C=O) groups excluding carboxylic acids is 6. The highest BCUT2D eigenvalue weighted by Crippen LogP contribution is 2.39. The van der Waals surface area contributed by atoms with E-state index in [4.69, 9.17) is 79.1 Å². The van der Waals surface area contributed by atoms with E-state index in [0.29, 0.717) is 191 Å². The van der Waals surface area contributed by atoms with Gasteiger partial charge >= 0.3 is 5.97 Å². The van der Waals surface area contributed by atoms with Crippen LogP contribution in [0.15, 0.2) is 84.4 Å². The number of allylic oxidation sites excluding steroid dienone is 6. The first kappa shape index (κ1) is 96.7. The van der Waals surface area contributed by atoms with Crippen LogP contribution in [0.3, 0.4) is 0 Å². The van der Waals surface area contributed by atoms with E-state index in [9.17, 15) is 39.0 Å². The maximum Gasteiger partial charge on any atom is 0.329 e. The molecule has 670 valence electrons. The van der Waals surface area contributed by atoms with Crippen molar-refractivity contribution in [2.45, 2.75) is 231 Å². The molecular formula is C88H133N13O20. The Bertz CT molecular complexity index is 4200. The number of carbonyl (C=O) groups is 6. The number of nitrogens with one attached hydrogen (secondary N) is 2. The molecule has 4 aliphatic rings. The number of esters is 1. The Hall–Kier alpha value is -8.13. The highest BCUT2D eigenvalue weighted by molar-refractivity contribution is 6.39. The van der Waals surface area contributed by atoms with Gasteiger partial charge in [0.25, 0.3) is 11.7 Å². The number of unbranched alkanes of at least 4 members (excludes halogenated alkanes) is 2. The minimum absolute atomic E-state index is 0.0138. The molecule has 3 aliphatic heterocycles. The molecule has 10 N–H and O–H groups in total. The van der Waals surface area contributed by atoms with Gasteiger partial charge in [-0.1, -0.05) is 69.4 Å². The van der Waals surface area contributed by atoms with Crippen LogP contribution < -0.4 is 22.5 Å². The van der Waals surface area contributed by atoms with Crippen LogP contribution >= 0.6 is 0 Å². The van der Waals surface area contributed by atoms with Gasteiger partial charge in [-0.2, -0.15) is 5.10 Å². The highest BCUT2D eigenvalue weighted by atomic mass is 16.6. The summed E-state index contributed by atoms with van der Waals surface area (Å²) in [6, 6.07) is 5.56. The number of hydrogen-bond donors (Lipinski definition) is 7. The second kappa shape index (κ2) is 50.0. The first-order chi connectivity index (χ1) is 58.4. The lowest BCUT2D eigenvalue weighted by molar-refractivity contribution is -0.265. The van der Waals surface area contributed by atoms with Crippen LogP contribution in [0.1, 0.15) is 156 Å². The monoisotopic (exact) mass is 1690 g/mol. The summed E-state index contributed by atoms with van der Waals surface area (Å²) in [6.45, 7) is 17.7. The predicted molar refractivity (Wildman–Crippen MR) is 454 cm³/mol. The summed E-state index contributed by atoms with van der Waals surface area (Å²) < 4.78 is 74.0. The van der Waals surface area contributed by atoms with E-state index >= 15 is 0 Å². The first-order valence-electron chi connectivity index (χ1n) is 43.2. The maximum absolute atomic E-state index is 14.7. The molecule has 15 atom stereocenters. The van der Waals surface area contributed by atoms with Crippen LogP contribution in [0, 0.1) is 29.6 Å². The number of anilines is 2. The third-order valence-electron chi connectivity index (χ3n) is 23.3. The minimum Gasteiger partial charge on any atom is -0.459 e. The molecule has 0 unspecified atom stereocenters. The van der Waals surface area contributed by atoms with Crippen molar-refractivity contribution in [1.82, 2.24) is 49.9 Å². The average Bonchev–Trinajstić information content (AvgIpc) is 1.68. The van der Waals surface area contributed by atoms with E-state index in [-0.39, 0.29) is 80.4 Å². The topological polar surface area (TPSA) is 437 Å². The molecule has 1 aliphatic carbocycles. The molecule has 33 heteroatoms. The number of piperidine rings is 1. The van der Waals surface area contributed by atoms with Gasteiger partial charge in [-0.25, -0.2) is 24.1 Å². The number of aromatic amines is 1. The number of benzene rings is 1. The van der Waals surface area contributed by atoms with Gasteiger partial charge in [0.1, 0.15) is 48.0 Å². The number of ether oxygens (including phenoxy) is 12. The Morgan fingerprint density at radius 1 is 0.752 bits per heavy atom. The fourth-order valence-corrected chi connectivity index (χ4v) is 16.2. The summed E-state index contributed by atoms with van der Waals surface area (Å²) in [5.74, 6) is -8.01. The molecule has 2 saturated heterocycles. The van der Waals surface area contributed by atoms with E-state index in [2.05, 4.69) is 30.6 Å². The van der Waals surface area contributed by atoms with E-state index in [1.807, 2.05) is 79.4 Å². The molecule has 2 bridgehead atoms. The number of aliphatic hydroxyl groups is 2. The lowest BCUT2D eigenvalue weighted by Crippen LogP contribution is -2.61. The molecule has 33 nitrogen and oxygen atoms in total. The number of nitrogens with two attached hydrogens (primary N) is 3. The van der Waals surface area contributed by atoms with Crippen molar-refractivity contribution in [3.8, 4) is 11.4 Å². The summed E-state index contributed by atoms with van der Waals surface area (Å²) >= 11 is 0. The second-order valence-corrected chi connectivity index (χ2v) is 32.6. The van der Waals surface area contributed by atoms with Crippen LogP contribution in [0.4, 0.5) is 11.5 Å². The Kier molecular flexibility index (Phi) is 39.9. The third-order valence-corrected chi connectivity index (χ3v) is 23.3. The van der Waals surface area contributed by atoms with Gasteiger partial charge in [0, 0.05) is 113 Å². The normalized spacial score (nSPS) is 27.3. The quantitative estimate of drug-likeness (QED) is 0.00643. The number of H-pyrrole nitrogens is 1. The fraction of sp³-hybridized carbons (Fsp3) is 0.670. The number of aliphatic hydroxyl groups excluding tert-OH is 1. The number of nitrogen functional groups attached to an aromatic ring is 2. The summed E-state index contributed by atoms with van der Waals surface area (Å²) in [6.07, 6.45) is 18.1. The van der Waals surface area contributed by atoms with E-state index < -0.39 is 83.8 Å². The molecule has 7 heterocycles. The number of nitrogens with zero attached hydrogens (tertiary/aromatic N) is 8. The number of Topliss-reactive ketones (excluding diaryl/α,β-unsaturated/α-hetero) is 3. The number of rotatable bonds is 39. The van der Waals surface area contributed by atoms with E-state index in [1.165, 1.54) is 13.4 Å². The predicted octanol–water partition coefficient (Wildman–Crippen LogP) is 8.05. The molecule has 9 rings (SSSR count). The Balaban J connectivity index is 0.619. The van der Waals surface area contributed by atoms with E-state index in [1.54, 1.807) is 52.7 Å². The smallest absolute Gasteiger partial charge is 0.329 e. The van der Waals surface area contributed by atoms with Crippen molar-refractivity contribution in [3.05, 3.63) is 90.1 Å². The molecule has 3 fully saturated rings. The molecule has 0 radical (unpaired) electrons. The molecule has 1 saturated carbocycles. The van der Waals surface area contributed by atoms with Gasteiger partial charge < -0.3 is 99.5 Å². The maximum atomic E-state index is 14.7. The van der Waals surface area contributed by atoms with Crippen LogP contribution in [0.2, 0.25) is 0 Å². The molecule has 2 amide bonds. The molecule has 121 heavy (non-hydrogen) atoms. The number of cyclic esters (lactones) is 1. The van der Waals surface area contributed by atoms with Crippen molar-refractivity contribution in [1.29, 1.82) is 0 Å². The third kappa shape index (κ3) is 29.2. The molecule has 4 aromatic heterocycles. The van der Waals surface area contributed by atoms with Gasteiger partial charge in [-0.15, -0.1) is 5.10 Å². The molecular weight excluding hydrogens is 1560 g/mol. The largest absolute Gasteiger partial charge is 0.459 e. The van der Waals surface area contributed by atoms with Crippen molar-refractivity contribution >= 4 is 68.6 Å². The van der Waals surface area contributed by atoms with Crippen LogP contribution in [0.25, 0.3) is 33.3 Å². The fourth-order valence-electron chi connectivity index (χ4n) is 16.2.